The Hall–Kier alpha value is -0.410. The van der Waals surface area contributed by atoms with Crippen LogP contribution in [0.1, 0.15) is 33.1 Å². The number of nitrogens with two attached hydrogens (primary N) is 1. The van der Waals surface area contributed by atoms with Gasteiger partial charge in [-0.1, -0.05) is 20.3 Å². The van der Waals surface area contributed by atoms with Crippen LogP contribution in [0.4, 0.5) is 0 Å². The van der Waals surface area contributed by atoms with Crippen LogP contribution < -0.4 is 11.1 Å². The molecule has 0 unspecified atom stereocenters. The molecule has 78 valence electrons. The zero-order valence-electron chi connectivity index (χ0n) is 8.97. The van der Waals surface area contributed by atoms with Crippen molar-refractivity contribution in [2.75, 3.05) is 13.6 Å². The minimum Gasteiger partial charge on any atom is -0.321 e. The van der Waals surface area contributed by atoms with Crippen molar-refractivity contribution in [1.29, 1.82) is 0 Å². The molecule has 0 aromatic carbocycles. The van der Waals surface area contributed by atoms with E-state index in [4.69, 9.17) is 5.73 Å². The summed E-state index contributed by atoms with van der Waals surface area (Å²) in [5.74, 6) is 0.253. The fraction of sp³-hybridized carbons (Fsp3) is 0.900. The van der Waals surface area contributed by atoms with Crippen LogP contribution in [-0.4, -0.2) is 25.4 Å². The second-order valence-electron chi connectivity index (χ2n) is 3.76. The Kier molecular flexibility index (Phi) is 6.82. The molecule has 0 spiro atoms. The molecule has 0 aromatic rings. The SMILES string of the molecule is CNCCCC[C@@H](N)C(=O)C(C)C. The number of hydrogen-bond acceptors (Lipinski definition) is 3. The van der Waals surface area contributed by atoms with Crippen molar-refractivity contribution < 1.29 is 4.79 Å². The average Bonchev–Trinajstić information content (AvgIpc) is 2.10. The van der Waals surface area contributed by atoms with Gasteiger partial charge < -0.3 is 11.1 Å². The summed E-state index contributed by atoms with van der Waals surface area (Å²) in [6, 6.07) is -0.253. The lowest BCUT2D eigenvalue weighted by molar-refractivity contribution is -0.123. The molecule has 0 radical (unpaired) electrons. The maximum absolute atomic E-state index is 11.4. The summed E-state index contributed by atoms with van der Waals surface area (Å²) >= 11 is 0. The summed E-state index contributed by atoms with van der Waals surface area (Å²) in [7, 11) is 1.93. The molecule has 3 nitrogen and oxygen atoms in total. The average molecular weight is 186 g/mol. The lowest BCUT2D eigenvalue weighted by atomic mass is 9.98. The first-order valence-corrected chi connectivity index (χ1v) is 5.03. The summed E-state index contributed by atoms with van der Waals surface area (Å²) in [5.41, 5.74) is 5.73. The highest BCUT2D eigenvalue weighted by Crippen LogP contribution is 2.04. The van der Waals surface area contributed by atoms with E-state index >= 15 is 0 Å². The maximum atomic E-state index is 11.4. The van der Waals surface area contributed by atoms with Crippen LogP contribution in [0.5, 0.6) is 0 Å². The van der Waals surface area contributed by atoms with Crippen LogP contribution in [0.3, 0.4) is 0 Å². The minimum absolute atomic E-state index is 0.0688. The van der Waals surface area contributed by atoms with E-state index in [0.29, 0.717) is 0 Å². The lowest BCUT2D eigenvalue weighted by Gasteiger charge is -2.12. The summed E-state index contributed by atoms with van der Waals surface area (Å²) in [5, 5.41) is 3.07. The smallest absolute Gasteiger partial charge is 0.152 e. The summed E-state index contributed by atoms with van der Waals surface area (Å²) in [6.45, 7) is 4.80. The number of carbonyl (C=O) groups excluding carboxylic acids is 1. The fourth-order valence-electron chi connectivity index (χ4n) is 1.24. The van der Waals surface area contributed by atoms with Gasteiger partial charge in [-0.05, 0) is 26.4 Å². The molecule has 13 heavy (non-hydrogen) atoms. The Morgan fingerprint density at radius 1 is 1.38 bits per heavy atom. The molecular formula is C10H22N2O. The molecule has 0 saturated heterocycles. The molecule has 0 aliphatic rings. The second-order valence-corrected chi connectivity index (χ2v) is 3.76. The number of ketones is 1. The molecule has 3 N–H and O–H groups in total. The van der Waals surface area contributed by atoms with Gasteiger partial charge in [0, 0.05) is 5.92 Å². The molecule has 0 bridgehead atoms. The third-order valence-corrected chi connectivity index (χ3v) is 2.13. The van der Waals surface area contributed by atoms with E-state index in [9.17, 15) is 4.79 Å². The molecule has 3 heteroatoms. The predicted octanol–water partition coefficient (Wildman–Crippen LogP) is 0.928. The van der Waals surface area contributed by atoms with Crippen molar-refractivity contribution in [3.63, 3.8) is 0 Å². The molecule has 0 aliphatic carbocycles. The Morgan fingerprint density at radius 2 is 2.00 bits per heavy atom. The van der Waals surface area contributed by atoms with Crippen molar-refractivity contribution in [3.8, 4) is 0 Å². The number of Topliss-reactive ketones (excluding diaryl/α,β-unsaturated/α-hetero) is 1. The topological polar surface area (TPSA) is 55.1 Å². The fourth-order valence-corrected chi connectivity index (χ4v) is 1.24. The standard InChI is InChI=1S/C10H22N2O/c1-8(2)10(13)9(11)6-4-5-7-12-3/h8-9,12H,4-7,11H2,1-3H3/t9-/m1/s1. The van der Waals surface area contributed by atoms with Gasteiger partial charge >= 0.3 is 0 Å². The van der Waals surface area contributed by atoms with Gasteiger partial charge in [-0.25, -0.2) is 0 Å². The third-order valence-electron chi connectivity index (χ3n) is 2.13. The molecule has 0 aromatic heterocycles. The van der Waals surface area contributed by atoms with Crippen LogP contribution in [0, 0.1) is 5.92 Å². The van der Waals surface area contributed by atoms with E-state index in [-0.39, 0.29) is 17.7 Å². The quantitative estimate of drug-likeness (QED) is 0.581. The summed E-state index contributed by atoms with van der Waals surface area (Å²) in [4.78, 5) is 11.4. The van der Waals surface area contributed by atoms with Gasteiger partial charge in [-0.3, -0.25) is 4.79 Å². The van der Waals surface area contributed by atoms with Crippen LogP contribution in [0.15, 0.2) is 0 Å². The van der Waals surface area contributed by atoms with Crippen molar-refractivity contribution in [3.05, 3.63) is 0 Å². The molecule has 0 fully saturated rings. The first-order valence-electron chi connectivity index (χ1n) is 5.03. The van der Waals surface area contributed by atoms with Crippen molar-refractivity contribution in [1.82, 2.24) is 5.32 Å². The van der Waals surface area contributed by atoms with Crippen molar-refractivity contribution in [2.45, 2.75) is 39.2 Å². The monoisotopic (exact) mass is 186 g/mol. The van der Waals surface area contributed by atoms with E-state index < -0.39 is 0 Å². The molecular weight excluding hydrogens is 164 g/mol. The van der Waals surface area contributed by atoms with Gasteiger partial charge in [-0.2, -0.15) is 0 Å². The van der Waals surface area contributed by atoms with Gasteiger partial charge in [0.2, 0.25) is 0 Å². The number of carbonyl (C=O) groups is 1. The zero-order valence-corrected chi connectivity index (χ0v) is 8.97. The molecule has 0 heterocycles. The van der Waals surface area contributed by atoms with Crippen LogP contribution in [0.2, 0.25) is 0 Å². The van der Waals surface area contributed by atoms with Crippen LogP contribution >= 0.6 is 0 Å². The zero-order chi connectivity index (χ0) is 10.3. The Balaban J connectivity index is 3.50. The summed E-state index contributed by atoms with van der Waals surface area (Å²) < 4.78 is 0. The van der Waals surface area contributed by atoms with Crippen LogP contribution in [0.25, 0.3) is 0 Å². The summed E-state index contributed by atoms with van der Waals surface area (Å²) in [6.07, 6.45) is 2.94. The molecule has 0 rings (SSSR count). The number of nitrogens with one attached hydrogen (secondary N) is 1. The number of hydrogen-bond donors (Lipinski definition) is 2. The normalized spacial score (nSPS) is 13.3. The minimum atomic E-state index is -0.253. The maximum Gasteiger partial charge on any atom is 0.152 e. The Morgan fingerprint density at radius 3 is 2.46 bits per heavy atom. The predicted molar refractivity (Wildman–Crippen MR) is 55.6 cm³/mol. The molecule has 0 saturated carbocycles. The van der Waals surface area contributed by atoms with E-state index in [1.807, 2.05) is 20.9 Å². The molecule has 1 atom stereocenters. The highest BCUT2D eigenvalue weighted by molar-refractivity contribution is 5.85. The largest absolute Gasteiger partial charge is 0.321 e. The highest BCUT2D eigenvalue weighted by atomic mass is 16.1. The van der Waals surface area contributed by atoms with Gasteiger partial charge in [0.15, 0.2) is 5.78 Å². The lowest BCUT2D eigenvalue weighted by Crippen LogP contribution is -2.33. The Bertz CT molecular complexity index is 146. The second kappa shape index (κ2) is 7.04. The van der Waals surface area contributed by atoms with Gasteiger partial charge in [0.25, 0.3) is 0 Å². The highest BCUT2D eigenvalue weighted by Gasteiger charge is 2.15. The first kappa shape index (κ1) is 12.6. The van der Waals surface area contributed by atoms with E-state index in [2.05, 4.69) is 5.32 Å². The van der Waals surface area contributed by atoms with E-state index in [1.54, 1.807) is 0 Å². The number of rotatable bonds is 7. The van der Waals surface area contributed by atoms with Gasteiger partial charge in [0.05, 0.1) is 6.04 Å². The van der Waals surface area contributed by atoms with E-state index in [0.717, 1.165) is 25.8 Å². The first-order chi connectivity index (χ1) is 6.09. The Labute approximate surface area is 81.1 Å². The van der Waals surface area contributed by atoms with Gasteiger partial charge in [-0.15, -0.1) is 0 Å². The molecule has 0 aliphatic heterocycles. The molecule has 0 amide bonds. The van der Waals surface area contributed by atoms with Gasteiger partial charge in [0.1, 0.15) is 0 Å². The third kappa shape index (κ3) is 5.77. The number of unbranched alkanes of at least 4 members (excludes halogenated alkanes) is 1. The van der Waals surface area contributed by atoms with Crippen molar-refractivity contribution >= 4 is 5.78 Å². The van der Waals surface area contributed by atoms with Crippen molar-refractivity contribution in [2.24, 2.45) is 11.7 Å². The van der Waals surface area contributed by atoms with Crippen LogP contribution in [-0.2, 0) is 4.79 Å². The van der Waals surface area contributed by atoms with E-state index in [1.165, 1.54) is 0 Å².